The number of thiophene rings is 1. The van der Waals surface area contributed by atoms with Gasteiger partial charge in [-0.3, -0.25) is 0 Å². The van der Waals surface area contributed by atoms with Crippen LogP contribution in [0.5, 0.6) is 5.75 Å². The molecule has 4 nitrogen and oxygen atoms in total. The number of hydrogen-bond acceptors (Lipinski definition) is 5. The van der Waals surface area contributed by atoms with Crippen molar-refractivity contribution >= 4 is 21.2 Å². The Morgan fingerprint density at radius 1 is 1.25 bits per heavy atom. The Morgan fingerprint density at radius 3 is 2.45 bits per heavy atom. The van der Waals surface area contributed by atoms with Gasteiger partial charge in [0.15, 0.2) is 9.84 Å². The molecular weight excluding hydrogens is 294 g/mol. The number of methoxy groups -OCH3 is 1. The second-order valence-electron chi connectivity index (χ2n) is 4.33. The van der Waals surface area contributed by atoms with Gasteiger partial charge in [0.05, 0.1) is 12.9 Å². The zero-order chi connectivity index (χ0) is 14.6. The third-order valence-electron chi connectivity index (χ3n) is 3.05. The zero-order valence-corrected chi connectivity index (χ0v) is 13.0. The lowest BCUT2D eigenvalue weighted by Crippen LogP contribution is -2.25. The lowest BCUT2D eigenvalue weighted by molar-refractivity contribution is 0.414. The fourth-order valence-corrected chi connectivity index (χ4v) is 4.58. The average molecular weight is 311 g/mol. The highest BCUT2D eigenvalue weighted by molar-refractivity contribution is 7.93. The van der Waals surface area contributed by atoms with Gasteiger partial charge in [0, 0.05) is 6.04 Å². The first-order valence-corrected chi connectivity index (χ1v) is 8.67. The number of nitrogens with one attached hydrogen (secondary N) is 1. The van der Waals surface area contributed by atoms with Crippen LogP contribution in [-0.2, 0) is 9.84 Å². The minimum absolute atomic E-state index is 0.0380. The van der Waals surface area contributed by atoms with Crippen LogP contribution in [0.2, 0.25) is 0 Å². The molecule has 0 fully saturated rings. The van der Waals surface area contributed by atoms with Crippen molar-refractivity contribution in [3.63, 3.8) is 0 Å². The Morgan fingerprint density at radius 2 is 1.95 bits per heavy atom. The summed E-state index contributed by atoms with van der Waals surface area (Å²) >= 11 is 1.25. The van der Waals surface area contributed by atoms with Gasteiger partial charge in [-0.05, 0) is 36.2 Å². The van der Waals surface area contributed by atoms with Gasteiger partial charge in [0.25, 0.3) is 0 Å². The van der Waals surface area contributed by atoms with E-state index in [4.69, 9.17) is 4.74 Å². The van der Waals surface area contributed by atoms with E-state index in [-0.39, 0.29) is 11.8 Å². The molecule has 0 bridgehead atoms. The molecule has 1 atom stereocenters. The SMILES string of the molecule is CNC(CS(=O)(=O)c1cccs1)c1ccc(OC)cc1. The van der Waals surface area contributed by atoms with Crippen LogP contribution in [-0.4, -0.2) is 28.3 Å². The molecule has 0 saturated carbocycles. The maximum absolute atomic E-state index is 12.3. The van der Waals surface area contributed by atoms with Crippen LogP contribution in [0.4, 0.5) is 0 Å². The zero-order valence-electron chi connectivity index (χ0n) is 11.4. The van der Waals surface area contributed by atoms with E-state index in [0.29, 0.717) is 4.21 Å². The molecule has 0 radical (unpaired) electrons. The molecule has 0 aliphatic heterocycles. The predicted molar refractivity (Wildman–Crippen MR) is 81.2 cm³/mol. The number of rotatable bonds is 6. The summed E-state index contributed by atoms with van der Waals surface area (Å²) in [5.41, 5.74) is 0.924. The quantitative estimate of drug-likeness (QED) is 0.890. The average Bonchev–Trinajstić information content (AvgIpc) is 3.00. The smallest absolute Gasteiger partial charge is 0.189 e. The topological polar surface area (TPSA) is 55.4 Å². The van der Waals surface area contributed by atoms with E-state index in [1.165, 1.54) is 11.3 Å². The minimum atomic E-state index is -3.27. The molecule has 2 aromatic rings. The standard InChI is InChI=1S/C14H17NO3S2/c1-15-13(11-5-7-12(18-2)8-6-11)10-20(16,17)14-4-3-9-19-14/h3-9,13,15H,10H2,1-2H3. The normalized spacial score (nSPS) is 13.1. The molecule has 0 aliphatic carbocycles. The molecule has 0 amide bonds. The molecule has 1 unspecified atom stereocenters. The van der Waals surface area contributed by atoms with Crippen LogP contribution >= 0.6 is 11.3 Å². The molecule has 0 saturated heterocycles. The van der Waals surface area contributed by atoms with Crippen molar-refractivity contribution in [2.45, 2.75) is 10.3 Å². The second kappa shape index (κ2) is 6.39. The third kappa shape index (κ3) is 3.39. The maximum Gasteiger partial charge on any atom is 0.189 e. The lowest BCUT2D eigenvalue weighted by Gasteiger charge is -2.16. The summed E-state index contributed by atoms with van der Waals surface area (Å²) in [4.78, 5) is 0. The Balaban J connectivity index is 2.20. The van der Waals surface area contributed by atoms with Crippen molar-refractivity contribution in [3.8, 4) is 5.75 Å². The van der Waals surface area contributed by atoms with E-state index < -0.39 is 9.84 Å². The number of ether oxygens (including phenoxy) is 1. The van der Waals surface area contributed by atoms with E-state index in [1.54, 1.807) is 31.7 Å². The molecule has 1 N–H and O–H groups in total. The largest absolute Gasteiger partial charge is 0.497 e. The molecule has 1 heterocycles. The van der Waals surface area contributed by atoms with Crippen LogP contribution in [0, 0.1) is 0 Å². The van der Waals surface area contributed by atoms with Gasteiger partial charge in [-0.25, -0.2) is 8.42 Å². The summed E-state index contributed by atoms with van der Waals surface area (Å²) in [6.07, 6.45) is 0. The van der Waals surface area contributed by atoms with Gasteiger partial charge in [0.1, 0.15) is 9.96 Å². The highest BCUT2D eigenvalue weighted by atomic mass is 32.2. The molecule has 1 aromatic carbocycles. The van der Waals surface area contributed by atoms with E-state index in [0.717, 1.165) is 11.3 Å². The predicted octanol–water partition coefficient (Wildman–Crippen LogP) is 2.49. The van der Waals surface area contributed by atoms with E-state index in [9.17, 15) is 8.42 Å². The highest BCUT2D eigenvalue weighted by Gasteiger charge is 2.22. The van der Waals surface area contributed by atoms with Gasteiger partial charge >= 0.3 is 0 Å². The van der Waals surface area contributed by atoms with Crippen molar-refractivity contribution in [1.29, 1.82) is 0 Å². The maximum atomic E-state index is 12.3. The summed E-state index contributed by atoms with van der Waals surface area (Å²) in [7, 11) is 0.0984. The highest BCUT2D eigenvalue weighted by Crippen LogP contribution is 2.24. The molecule has 0 spiro atoms. The van der Waals surface area contributed by atoms with Crippen LogP contribution in [0.3, 0.4) is 0 Å². The van der Waals surface area contributed by atoms with E-state index in [2.05, 4.69) is 5.32 Å². The Kier molecular flexibility index (Phi) is 4.80. The fraction of sp³-hybridized carbons (Fsp3) is 0.286. The van der Waals surface area contributed by atoms with Crippen molar-refractivity contribution in [2.75, 3.05) is 19.9 Å². The van der Waals surface area contributed by atoms with Crippen molar-refractivity contribution in [2.24, 2.45) is 0 Å². The van der Waals surface area contributed by atoms with Crippen LogP contribution in [0.1, 0.15) is 11.6 Å². The summed E-state index contributed by atoms with van der Waals surface area (Å²) < 4.78 is 30.1. The molecule has 1 aromatic heterocycles. The fourth-order valence-electron chi connectivity index (χ4n) is 1.92. The number of sulfone groups is 1. The molecule has 6 heteroatoms. The monoisotopic (exact) mass is 311 g/mol. The first-order chi connectivity index (χ1) is 9.56. The molecule has 108 valence electrons. The summed E-state index contributed by atoms with van der Waals surface area (Å²) in [6, 6.07) is 10.6. The van der Waals surface area contributed by atoms with Crippen LogP contribution in [0.25, 0.3) is 0 Å². The Labute approximate surface area is 123 Å². The van der Waals surface area contributed by atoms with Gasteiger partial charge in [-0.2, -0.15) is 0 Å². The molecule has 2 rings (SSSR count). The van der Waals surface area contributed by atoms with Crippen molar-refractivity contribution < 1.29 is 13.2 Å². The molecule has 0 aliphatic rings. The number of benzene rings is 1. The first kappa shape index (κ1) is 15.0. The minimum Gasteiger partial charge on any atom is -0.497 e. The lowest BCUT2D eigenvalue weighted by atomic mass is 10.1. The Hall–Kier alpha value is -1.37. The van der Waals surface area contributed by atoms with Crippen LogP contribution in [0.15, 0.2) is 46.0 Å². The van der Waals surface area contributed by atoms with E-state index in [1.807, 2.05) is 24.3 Å². The van der Waals surface area contributed by atoms with Gasteiger partial charge in [-0.15, -0.1) is 11.3 Å². The second-order valence-corrected chi connectivity index (χ2v) is 7.54. The van der Waals surface area contributed by atoms with Gasteiger partial charge in [0.2, 0.25) is 0 Å². The molecular formula is C14H17NO3S2. The summed E-state index contributed by atoms with van der Waals surface area (Å²) in [5.74, 6) is 0.792. The number of hydrogen-bond donors (Lipinski definition) is 1. The third-order valence-corrected chi connectivity index (χ3v) is 6.29. The van der Waals surface area contributed by atoms with Crippen molar-refractivity contribution in [3.05, 3.63) is 47.3 Å². The van der Waals surface area contributed by atoms with Crippen molar-refractivity contribution in [1.82, 2.24) is 5.32 Å². The van der Waals surface area contributed by atoms with Gasteiger partial charge in [-0.1, -0.05) is 18.2 Å². The first-order valence-electron chi connectivity index (χ1n) is 6.14. The summed E-state index contributed by atoms with van der Waals surface area (Å²) in [5, 5.41) is 4.83. The van der Waals surface area contributed by atoms with Crippen LogP contribution < -0.4 is 10.1 Å². The van der Waals surface area contributed by atoms with Gasteiger partial charge < -0.3 is 10.1 Å². The Bertz CT molecular complexity index is 634. The molecule has 20 heavy (non-hydrogen) atoms. The van der Waals surface area contributed by atoms with E-state index >= 15 is 0 Å². The summed E-state index contributed by atoms with van der Waals surface area (Å²) in [6.45, 7) is 0.